The summed E-state index contributed by atoms with van der Waals surface area (Å²) in [4.78, 5) is 11.0. The molecule has 2 N–H and O–H groups in total. The van der Waals surface area contributed by atoms with Crippen LogP contribution in [0.25, 0.3) is 0 Å². The molecule has 0 heterocycles. The highest BCUT2D eigenvalue weighted by Crippen LogP contribution is 2.08. The number of hydrogen-bond donors (Lipinski definition) is 2. The Labute approximate surface area is 104 Å². The topological polar surface area (TPSA) is 66.4 Å². The summed E-state index contributed by atoms with van der Waals surface area (Å²) in [6, 6.07) is 6.99. The van der Waals surface area contributed by atoms with Crippen molar-refractivity contribution >= 4 is 16.8 Å². The standard InChI is InChI=1S/C12H17NO3S/c1-9(8-17(2)16)13-7-10-5-3-4-6-11(10)12(14)15/h3-6,9,13H,7-8H2,1-2H3,(H,14,15). The Morgan fingerprint density at radius 3 is 2.71 bits per heavy atom. The molecule has 0 aromatic heterocycles. The minimum Gasteiger partial charge on any atom is -0.478 e. The van der Waals surface area contributed by atoms with Crippen LogP contribution in [0.4, 0.5) is 0 Å². The molecule has 1 aromatic rings. The molecule has 0 aliphatic heterocycles. The maximum atomic E-state index is 11.0. The lowest BCUT2D eigenvalue weighted by molar-refractivity contribution is 0.0695. The monoisotopic (exact) mass is 255 g/mol. The summed E-state index contributed by atoms with van der Waals surface area (Å²) in [5.41, 5.74) is 1.05. The Hall–Kier alpha value is -1.20. The van der Waals surface area contributed by atoms with E-state index >= 15 is 0 Å². The molecule has 0 fully saturated rings. The van der Waals surface area contributed by atoms with Crippen LogP contribution >= 0.6 is 0 Å². The highest BCUT2D eigenvalue weighted by molar-refractivity contribution is 7.84. The summed E-state index contributed by atoms with van der Waals surface area (Å²) in [6.45, 7) is 2.41. The normalized spacial score (nSPS) is 14.2. The third kappa shape index (κ3) is 4.66. The zero-order valence-electron chi connectivity index (χ0n) is 9.97. The molecular formula is C12H17NO3S. The first kappa shape index (κ1) is 13.9. The molecule has 0 radical (unpaired) electrons. The molecule has 94 valence electrons. The van der Waals surface area contributed by atoms with Gasteiger partial charge in [0.1, 0.15) is 0 Å². The van der Waals surface area contributed by atoms with Gasteiger partial charge in [-0.15, -0.1) is 0 Å². The Morgan fingerprint density at radius 1 is 1.47 bits per heavy atom. The number of nitrogens with one attached hydrogen (secondary N) is 1. The van der Waals surface area contributed by atoms with E-state index in [9.17, 15) is 9.00 Å². The second kappa shape index (κ2) is 6.51. The third-order valence-corrected chi connectivity index (χ3v) is 3.34. The molecular weight excluding hydrogens is 238 g/mol. The molecule has 2 unspecified atom stereocenters. The first-order valence-electron chi connectivity index (χ1n) is 5.35. The number of hydrogen-bond acceptors (Lipinski definition) is 3. The van der Waals surface area contributed by atoms with E-state index in [4.69, 9.17) is 5.11 Å². The van der Waals surface area contributed by atoms with Gasteiger partial charge >= 0.3 is 5.97 Å². The van der Waals surface area contributed by atoms with Crippen molar-refractivity contribution in [3.8, 4) is 0 Å². The molecule has 0 aliphatic rings. The van der Waals surface area contributed by atoms with Crippen molar-refractivity contribution in [2.24, 2.45) is 0 Å². The van der Waals surface area contributed by atoms with Gasteiger partial charge < -0.3 is 10.4 Å². The number of carboxylic acids is 1. The van der Waals surface area contributed by atoms with Crippen molar-refractivity contribution in [2.45, 2.75) is 19.5 Å². The minimum absolute atomic E-state index is 0.0997. The first-order valence-corrected chi connectivity index (χ1v) is 7.08. The van der Waals surface area contributed by atoms with Crippen LogP contribution in [0.2, 0.25) is 0 Å². The van der Waals surface area contributed by atoms with E-state index in [1.54, 1.807) is 24.5 Å². The van der Waals surface area contributed by atoms with Gasteiger partial charge in [-0.05, 0) is 18.6 Å². The summed E-state index contributed by atoms with van der Waals surface area (Å²) in [6.07, 6.45) is 1.66. The van der Waals surface area contributed by atoms with E-state index in [-0.39, 0.29) is 6.04 Å². The molecule has 0 amide bonds. The predicted octanol–water partition coefficient (Wildman–Crippen LogP) is 1.24. The largest absolute Gasteiger partial charge is 0.478 e. The van der Waals surface area contributed by atoms with Crippen molar-refractivity contribution in [3.05, 3.63) is 35.4 Å². The lowest BCUT2D eigenvalue weighted by Gasteiger charge is -2.13. The van der Waals surface area contributed by atoms with Gasteiger partial charge in [0.15, 0.2) is 0 Å². The number of benzene rings is 1. The number of carbonyl (C=O) groups is 1. The van der Waals surface area contributed by atoms with Gasteiger partial charge in [-0.2, -0.15) is 0 Å². The molecule has 0 saturated carbocycles. The fourth-order valence-corrected chi connectivity index (χ4v) is 2.40. The lowest BCUT2D eigenvalue weighted by atomic mass is 10.1. The van der Waals surface area contributed by atoms with Gasteiger partial charge in [-0.3, -0.25) is 4.21 Å². The average Bonchev–Trinajstić information content (AvgIpc) is 2.25. The van der Waals surface area contributed by atoms with Gasteiger partial charge in [0, 0.05) is 35.4 Å². The van der Waals surface area contributed by atoms with Crippen molar-refractivity contribution in [1.82, 2.24) is 5.32 Å². The Balaban J connectivity index is 2.63. The molecule has 5 heteroatoms. The van der Waals surface area contributed by atoms with E-state index in [0.29, 0.717) is 17.9 Å². The van der Waals surface area contributed by atoms with Crippen LogP contribution in [-0.2, 0) is 17.3 Å². The van der Waals surface area contributed by atoms with E-state index in [0.717, 1.165) is 5.56 Å². The van der Waals surface area contributed by atoms with E-state index in [1.807, 2.05) is 13.0 Å². The molecule has 0 bridgehead atoms. The van der Waals surface area contributed by atoms with Crippen molar-refractivity contribution in [1.29, 1.82) is 0 Å². The van der Waals surface area contributed by atoms with Crippen LogP contribution in [0.1, 0.15) is 22.8 Å². The molecule has 2 atom stereocenters. The highest BCUT2D eigenvalue weighted by atomic mass is 32.2. The van der Waals surface area contributed by atoms with Crippen LogP contribution < -0.4 is 5.32 Å². The van der Waals surface area contributed by atoms with Crippen LogP contribution in [0.5, 0.6) is 0 Å². The molecule has 17 heavy (non-hydrogen) atoms. The number of rotatable bonds is 6. The Kier molecular flexibility index (Phi) is 5.31. The molecule has 1 aromatic carbocycles. The smallest absolute Gasteiger partial charge is 0.336 e. The summed E-state index contributed by atoms with van der Waals surface area (Å²) in [7, 11) is -0.846. The Morgan fingerprint density at radius 2 is 2.12 bits per heavy atom. The van der Waals surface area contributed by atoms with Crippen LogP contribution in [0, 0.1) is 0 Å². The molecule has 4 nitrogen and oxygen atoms in total. The SMILES string of the molecule is CC(CS(C)=O)NCc1ccccc1C(=O)O. The zero-order chi connectivity index (χ0) is 12.8. The van der Waals surface area contributed by atoms with Gasteiger partial charge in [-0.1, -0.05) is 18.2 Å². The maximum absolute atomic E-state index is 11.0. The third-order valence-electron chi connectivity index (χ3n) is 2.37. The predicted molar refractivity (Wildman–Crippen MR) is 68.6 cm³/mol. The quantitative estimate of drug-likeness (QED) is 0.802. The van der Waals surface area contributed by atoms with E-state index in [1.165, 1.54) is 0 Å². The van der Waals surface area contributed by atoms with Crippen LogP contribution in [0.15, 0.2) is 24.3 Å². The molecule has 0 saturated heterocycles. The van der Waals surface area contributed by atoms with Crippen molar-refractivity contribution in [3.63, 3.8) is 0 Å². The summed E-state index contributed by atoms with van der Waals surface area (Å²) in [5.74, 6) is -0.357. The molecule has 1 rings (SSSR count). The summed E-state index contributed by atoms with van der Waals surface area (Å²) in [5, 5.41) is 12.2. The number of carboxylic acid groups (broad SMARTS) is 1. The van der Waals surface area contributed by atoms with Crippen LogP contribution in [-0.4, -0.2) is 33.3 Å². The highest BCUT2D eigenvalue weighted by Gasteiger charge is 2.10. The fourth-order valence-electron chi connectivity index (χ4n) is 1.58. The second-order valence-electron chi connectivity index (χ2n) is 3.98. The van der Waals surface area contributed by atoms with Crippen molar-refractivity contribution in [2.75, 3.05) is 12.0 Å². The summed E-state index contributed by atoms with van der Waals surface area (Å²) < 4.78 is 11.0. The average molecular weight is 255 g/mol. The molecule has 0 aliphatic carbocycles. The van der Waals surface area contributed by atoms with Crippen LogP contribution in [0.3, 0.4) is 0 Å². The maximum Gasteiger partial charge on any atom is 0.336 e. The van der Waals surface area contributed by atoms with Crippen molar-refractivity contribution < 1.29 is 14.1 Å². The lowest BCUT2D eigenvalue weighted by Crippen LogP contribution is -2.31. The van der Waals surface area contributed by atoms with Gasteiger partial charge in [0.2, 0.25) is 0 Å². The first-order chi connectivity index (χ1) is 8.00. The summed E-state index contributed by atoms with van der Waals surface area (Å²) >= 11 is 0. The zero-order valence-corrected chi connectivity index (χ0v) is 10.8. The van der Waals surface area contributed by atoms with E-state index in [2.05, 4.69) is 5.32 Å². The number of aromatic carboxylic acids is 1. The van der Waals surface area contributed by atoms with Gasteiger partial charge in [-0.25, -0.2) is 4.79 Å². The minimum atomic E-state index is -0.922. The van der Waals surface area contributed by atoms with E-state index < -0.39 is 16.8 Å². The van der Waals surface area contributed by atoms with Gasteiger partial charge in [0.25, 0.3) is 0 Å². The molecule has 0 spiro atoms. The fraction of sp³-hybridized carbons (Fsp3) is 0.417. The van der Waals surface area contributed by atoms with Gasteiger partial charge in [0.05, 0.1) is 5.56 Å². The Bertz CT molecular complexity index is 420. The second-order valence-corrected chi connectivity index (χ2v) is 5.46.